The third-order valence-electron chi connectivity index (χ3n) is 4.05. The highest BCUT2D eigenvalue weighted by Gasteiger charge is 2.23. The molecule has 0 heterocycles. The van der Waals surface area contributed by atoms with Crippen LogP contribution in [0.2, 0.25) is 0 Å². The number of ether oxygens (including phenoxy) is 1. The van der Waals surface area contributed by atoms with Gasteiger partial charge in [0.15, 0.2) is 0 Å². The van der Waals surface area contributed by atoms with Gasteiger partial charge in [-0.1, -0.05) is 38.8 Å². The van der Waals surface area contributed by atoms with E-state index in [-0.39, 0.29) is 11.9 Å². The normalized spacial score (nSPS) is 24.6. The van der Waals surface area contributed by atoms with E-state index in [4.69, 9.17) is 4.74 Å². The molecule has 1 fully saturated rings. The molecule has 0 aliphatic heterocycles. The van der Waals surface area contributed by atoms with E-state index in [9.17, 15) is 4.39 Å². The van der Waals surface area contributed by atoms with E-state index in [0.717, 1.165) is 37.4 Å². The van der Waals surface area contributed by atoms with Crippen LogP contribution in [0.3, 0.4) is 0 Å². The predicted octanol–water partition coefficient (Wildman–Crippen LogP) is 4.07. The quantitative estimate of drug-likeness (QED) is 0.847. The second-order valence-corrected chi connectivity index (χ2v) is 5.88. The highest BCUT2D eigenvalue weighted by molar-refractivity contribution is 5.19. The van der Waals surface area contributed by atoms with Gasteiger partial charge in [-0.15, -0.1) is 0 Å². The van der Waals surface area contributed by atoms with Crippen LogP contribution >= 0.6 is 0 Å². The molecule has 1 aromatic rings. The molecule has 3 unspecified atom stereocenters. The maximum atomic E-state index is 13.4. The molecule has 0 aromatic heterocycles. The van der Waals surface area contributed by atoms with Crippen molar-refractivity contribution in [1.29, 1.82) is 0 Å². The molecule has 1 aliphatic rings. The Morgan fingerprint density at radius 1 is 1.40 bits per heavy atom. The van der Waals surface area contributed by atoms with Crippen molar-refractivity contribution in [3.8, 4) is 0 Å². The number of likely N-dealkylation sites (N-methyl/N-ethyl adjacent to an activating group) is 1. The largest absolute Gasteiger partial charge is 0.369 e. The number of nitrogens with one attached hydrogen (secondary N) is 1. The first kappa shape index (κ1) is 15.5. The molecule has 0 spiro atoms. The zero-order valence-electron chi connectivity index (χ0n) is 12.6. The Hall–Kier alpha value is -0.930. The summed E-state index contributed by atoms with van der Waals surface area (Å²) in [5.74, 6) is 0.547. The van der Waals surface area contributed by atoms with Crippen molar-refractivity contribution in [3.05, 3.63) is 35.6 Å². The Morgan fingerprint density at radius 3 is 2.95 bits per heavy atom. The lowest BCUT2D eigenvalue weighted by Crippen LogP contribution is -2.29. The van der Waals surface area contributed by atoms with Gasteiger partial charge in [-0.2, -0.15) is 0 Å². The van der Waals surface area contributed by atoms with Crippen LogP contribution in [0.25, 0.3) is 0 Å². The lowest BCUT2D eigenvalue weighted by atomic mass is 9.88. The Kier molecular flexibility index (Phi) is 5.99. The third-order valence-corrected chi connectivity index (χ3v) is 4.05. The summed E-state index contributed by atoms with van der Waals surface area (Å²) in [7, 11) is 0. The summed E-state index contributed by atoms with van der Waals surface area (Å²) in [6.07, 6.45) is 5.05. The summed E-state index contributed by atoms with van der Waals surface area (Å²) in [6, 6.07) is 6.79. The molecule has 0 saturated heterocycles. The minimum absolute atomic E-state index is 0.0547. The van der Waals surface area contributed by atoms with Gasteiger partial charge < -0.3 is 10.1 Å². The van der Waals surface area contributed by atoms with Crippen LogP contribution < -0.4 is 5.32 Å². The van der Waals surface area contributed by atoms with Gasteiger partial charge in [-0.05, 0) is 43.0 Å². The second kappa shape index (κ2) is 7.75. The minimum atomic E-state index is -0.190. The van der Waals surface area contributed by atoms with Gasteiger partial charge in [0.1, 0.15) is 5.82 Å². The predicted molar refractivity (Wildman–Crippen MR) is 80.2 cm³/mol. The Balaban J connectivity index is 2.03. The standard InChI is InChI=1S/C17H26FNO/c1-3-19-12-17(14-7-5-8-15(18)11-14)20-16-9-4-6-13(2)10-16/h5,7-8,11,13,16-17,19H,3-4,6,9-10,12H2,1-2H3. The van der Waals surface area contributed by atoms with Crippen LogP contribution in [0, 0.1) is 11.7 Å². The molecule has 0 bridgehead atoms. The fourth-order valence-electron chi connectivity index (χ4n) is 2.96. The maximum absolute atomic E-state index is 13.4. The highest BCUT2D eigenvalue weighted by Crippen LogP contribution is 2.30. The highest BCUT2D eigenvalue weighted by atomic mass is 19.1. The number of rotatable bonds is 6. The van der Waals surface area contributed by atoms with Crippen LogP contribution in [0.15, 0.2) is 24.3 Å². The van der Waals surface area contributed by atoms with Gasteiger partial charge in [0.2, 0.25) is 0 Å². The van der Waals surface area contributed by atoms with E-state index in [1.165, 1.54) is 18.9 Å². The molecule has 1 N–H and O–H groups in total. The molecule has 3 heteroatoms. The number of hydrogen-bond acceptors (Lipinski definition) is 2. The molecule has 2 nitrogen and oxygen atoms in total. The average Bonchev–Trinajstić information content (AvgIpc) is 2.43. The van der Waals surface area contributed by atoms with E-state index in [0.29, 0.717) is 6.10 Å². The molecule has 3 atom stereocenters. The first-order chi connectivity index (χ1) is 9.69. The van der Waals surface area contributed by atoms with Crippen molar-refractivity contribution in [3.63, 3.8) is 0 Å². The zero-order valence-corrected chi connectivity index (χ0v) is 12.6. The van der Waals surface area contributed by atoms with Gasteiger partial charge in [-0.25, -0.2) is 4.39 Å². The first-order valence-electron chi connectivity index (χ1n) is 7.80. The zero-order chi connectivity index (χ0) is 14.4. The van der Waals surface area contributed by atoms with Gasteiger partial charge >= 0.3 is 0 Å². The summed E-state index contributed by atoms with van der Waals surface area (Å²) in [4.78, 5) is 0. The van der Waals surface area contributed by atoms with Gasteiger partial charge in [-0.3, -0.25) is 0 Å². The summed E-state index contributed by atoms with van der Waals surface area (Å²) < 4.78 is 19.7. The summed E-state index contributed by atoms with van der Waals surface area (Å²) in [6.45, 7) is 6.00. The Morgan fingerprint density at radius 2 is 2.25 bits per heavy atom. The van der Waals surface area contributed by atoms with Crippen LogP contribution in [-0.2, 0) is 4.74 Å². The van der Waals surface area contributed by atoms with E-state index in [1.54, 1.807) is 12.1 Å². The fraction of sp³-hybridized carbons (Fsp3) is 0.647. The van der Waals surface area contributed by atoms with Crippen molar-refractivity contribution >= 4 is 0 Å². The van der Waals surface area contributed by atoms with Crippen molar-refractivity contribution < 1.29 is 9.13 Å². The van der Waals surface area contributed by atoms with E-state index in [2.05, 4.69) is 19.2 Å². The topological polar surface area (TPSA) is 21.3 Å². The number of halogens is 1. The van der Waals surface area contributed by atoms with Crippen LogP contribution in [0.1, 0.15) is 51.2 Å². The van der Waals surface area contributed by atoms with Crippen molar-refractivity contribution in [2.24, 2.45) is 5.92 Å². The molecule has 20 heavy (non-hydrogen) atoms. The first-order valence-corrected chi connectivity index (χ1v) is 7.80. The smallest absolute Gasteiger partial charge is 0.123 e. The molecule has 1 aliphatic carbocycles. The lowest BCUT2D eigenvalue weighted by Gasteiger charge is -2.31. The van der Waals surface area contributed by atoms with E-state index < -0.39 is 0 Å². The monoisotopic (exact) mass is 279 g/mol. The third kappa shape index (κ3) is 4.57. The van der Waals surface area contributed by atoms with Crippen LogP contribution in [0.4, 0.5) is 4.39 Å². The molecule has 0 amide bonds. The van der Waals surface area contributed by atoms with Gasteiger partial charge in [0.25, 0.3) is 0 Å². The minimum Gasteiger partial charge on any atom is -0.369 e. The molecule has 0 radical (unpaired) electrons. The average molecular weight is 279 g/mol. The second-order valence-electron chi connectivity index (χ2n) is 5.88. The Bertz CT molecular complexity index is 410. The van der Waals surface area contributed by atoms with Crippen molar-refractivity contribution in [2.75, 3.05) is 13.1 Å². The molecule has 1 saturated carbocycles. The molecular formula is C17H26FNO. The fourth-order valence-corrected chi connectivity index (χ4v) is 2.96. The van der Waals surface area contributed by atoms with E-state index in [1.807, 2.05) is 6.07 Å². The summed E-state index contributed by atoms with van der Waals surface area (Å²) in [5, 5.41) is 3.32. The Labute approximate surface area is 121 Å². The van der Waals surface area contributed by atoms with Gasteiger partial charge in [0, 0.05) is 6.54 Å². The lowest BCUT2D eigenvalue weighted by molar-refractivity contribution is -0.0394. The number of benzene rings is 1. The molecule has 112 valence electrons. The van der Waals surface area contributed by atoms with Crippen LogP contribution in [0.5, 0.6) is 0 Å². The molecular weight excluding hydrogens is 253 g/mol. The molecule has 1 aromatic carbocycles. The van der Waals surface area contributed by atoms with Gasteiger partial charge in [0.05, 0.1) is 12.2 Å². The SMILES string of the molecule is CCNCC(OC1CCCC(C)C1)c1cccc(F)c1. The summed E-state index contributed by atoms with van der Waals surface area (Å²) in [5.41, 5.74) is 0.934. The van der Waals surface area contributed by atoms with Crippen LogP contribution in [-0.4, -0.2) is 19.2 Å². The van der Waals surface area contributed by atoms with Crippen molar-refractivity contribution in [1.82, 2.24) is 5.32 Å². The van der Waals surface area contributed by atoms with E-state index >= 15 is 0 Å². The van der Waals surface area contributed by atoms with Crippen molar-refractivity contribution in [2.45, 2.75) is 51.7 Å². The number of hydrogen-bond donors (Lipinski definition) is 1. The summed E-state index contributed by atoms with van der Waals surface area (Å²) >= 11 is 0. The molecule has 2 rings (SSSR count). The maximum Gasteiger partial charge on any atom is 0.123 e.